The summed E-state index contributed by atoms with van der Waals surface area (Å²) in [5.41, 5.74) is 4.90. The van der Waals surface area contributed by atoms with Crippen molar-refractivity contribution in [2.75, 3.05) is 6.61 Å². The Morgan fingerprint density at radius 2 is 1.69 bits per heavy atom. The van der Waals surface area contributed by atoms with E-state index < -0.39 is 24.0 Å². The second-order valence-corrected chi connectivity index (χ2v) is 8.55. The summed E-state index contributed by atoms with van der Waals surface area (Å²) in [6.07, 6.45) is 0. The SMILES string of the molecule is Cc1cc(C(=O)c2ccc(Cl)cc2Cl)ccc1OCC(=O)NNC(=O)c1cc2ccccc2oc1=O. The van der Waals surface area contributed by atoms with Crippen molar-refractivity contribution in [3.63, 3.8) is 0 Å². The fraction of sp³-hybridized carbons (Fsp3) is 0.0769. The largest absolute Gasteiger partial charge is 0.483 e. The molecule has 0 fully saturated rings. The van der Waals surface area contributed by atoms with Crippen molar-refractivity contribution in [2.24, 2.45) is 0 Å². The molecule has 0 saturated carbocycles. The highest BCUT2D eigenvalue weighted by Crippen LogP contribution is 2.26. The van der Waals surface area contributed by atoms with Crippen molar-refractivity contribution in [3.05, 3.63) is 109 Å². The van der Waals surface area contributed by atoms with Crippen LogP contribution in [0.4, 0.5) is 0 Å². The van der Waals surface area contributed by atoms with Gasteiger partial charge in [-0.15, -0.1) is 0 Å². The van der Waals surface area contributed by atoms with Crippen molar-refractivity contribution in [1.82, 2.24) is 10.9 Å². The summed E-state index contributed by atoms with van der Waals surface area (Å²) in [4.78, 5) is 49.3. The van der Waals surface area contributed by atoms with Gasteiger partial charge in [0.2, 0.25) is 0 Å². The zero-order chi connectivity index (χ0) is 25.8. The molecule has 1 aromatic heterocycles. The summed E-state index contributed by atoms with van der Waals surface area (Å²) in [5, 5.41) is 1.23. The van der Waals surface area contributed by atoms with Crippen LogP contribution in [0, 0.1) is 6.92 Å². The monoisotopic (exact) mass is 524 g/mol. The molecule has 8 nitrogen and oxygen atoms in total. The van der Waals surface area contributed by atoms with Crippen LogP contribution < -0.4 is 21.2 Å². The van der Waals surface area contributed by atoms with E-state index in [2.05, 4.69) is 10.9 Å². The van der Waals surface area contributed by atoms with Crippen molar-refractivity contribution >= 4 is 51.8 Å². The van der Waals surface area contributed by atoms with E-state index in [1.165, 1.54) is 12.1 Å². The number of amides is 2. The molecule has 4 rings (SSSR count). The second-order valence-electron chi connectivity index (χ2n) is 7.71. The number of carbonyl (C=O) groups excluding carboxylic acids is 3. The van der Waals surface area contributed by atoms with Gasteiger partial charge in [-0.05, 0) is 61.0 Å². The summed E-state index contributed by atoms with van der Waals surface area (Å²) in [6, 6.07) is 17.4. The summed E-state index contributed by atoms with van der Waals surface area (Å²) in [7, 11) is 0. The van der Waals surface area contributed by atoms with Gasteiger partial charge in [-0.25, -0.2) is 4.79 Å². The van der Waals surface area contributed by atoms with Gasteiger partial charge in [0.15, 0.2) is 12.4 Å². The van der Waals surface area contributed by atoms with Crippen LogP contribution in [0.2, 0.25) is 10.0 Å². The quantitative estimate of drug-likeness (QED) is 0.218. The normalized spacial score (nSPS) is 10.6. The average molecular weight is 525 g/mol. The average Bonchev–Trinajstić information content (AvgIpc) is 2.85. The van der Waals surface area contributed by atoms with Crippen LogP contribution in [-0.2, 0) is 4.79 Å². The van der Waals surface area contributed by atoms with Crippen LogP contribution in [0.5, 0.6) is 5.75 Å². The maximum Gasteiger partial charge on any atom is 0.349 e. The zero-order valence-corrected chi connectivity index (χ0v) is 20.3. The molecule has 0 unspecified atom stereocenters. The van der Waals surface area contributed by atoms with Crippen LogP contribution in [0.25, 0.3) is 11.0 Å². The number of ether oxygens (including phenoxy) is 1. The van der Waals surface area contributed by atoms with E-state index in [0.717, 1.165) is 0 Å². The van der Waals surface area contributed by atoms with Crippen LogP contribution in [0.15, 0.2) is 75.9 Å². The molecule has 3 aromatic carbocycles. The van der Waals surface area contributed by atoms with Crippen molar-refractivity contribution in [2.45, 2.75) is 6.92 Å². The number of halogens is 2. The van der Waals surface area contributed by atoms with Gasteiger partial charge in [-0.1, -0.05) is 41.4 Å². The number of para-hydroxylation sites is 1. The van der Waals surface area contributed by atoms with Gasteiger partial charge in [-0.2, -0.15) is 0 Å². The van der Waals surface area contributed by atoms with Gasteiger partial charge in [0.1, 0.15) is 16.9 Å². The number of hydrazine groups is 1. The van der Waals surface area contributed by atoms with Gasteiger partial charge in [0.05, 0.1) is 5.02 Å². The molecule has 0 aliphatic heterocycles. The van der Waals surface area contributed by atoms with E-state index in [9.17, 15) is 19.2 Å². The number of benzene rings is 3. The van der Waals surface area contributed by atoms with Gasteiger partial charge < -0.3 is 9.15 Å². The van der Waals surface area contributed by atoms with E-state index in [0.29, 0.717) is 38.4 Å². The molecule has 2 amide bonds. The molecule has 4 aromatic rings. The van der Waals surface area contributed by atoms with Gasteiger partial charge in [-0.3, -0.25) is 25.2 Å². The van der Waals surface area contributed by atoms with Crippen LogP contribution >= 0.6 is 23.2 Å². The Kier molecular flexibility index (Phi) is 7.38. The molecule has 1 heterocycles. The number of carbonyl (C=O) groups is 3. The summed E-state index contributed by atoms with van der Waals surface area (Å²) >= 11 is 12.0. The number of hydrogen-bond acceptors (Lipinski definition) is 6. The summed E-state index contributed by atoms with van der Waals surface area (Å²) in [6.45, 7) is 1.29. The smallest absolute Gasteiger partial charge is 0.349 e. The highest BCUT2D eigenvalue weighted by Gasteiger charge is 2.16. The zero-order valence-electron chi connectivity index (χ0n) is 18.8. The van der Waals surface area contributed by atoms with Crippen LogP contribution in [0.3, 0.4) is 0 Å². The van der Waals surface area contributed by atoms with Crippen LogP contribution in [0.1, 0.15) is 31.8 Å². The first kappa shape index (κ1) is 25.0. The minimum Gasteiger partial charge on any atom is -0.483 e. The third-order valence-corrected chi connectivity index (χ3v) is 5.72. The maximum absolute atomic E-state index is 12.8. The Labute approximate surface area is 214 Å². The van der Waals surface area contributed by atoms with E-state index in [1.807, 2.05) is 0 Å². The lowest BCUT2D eigenvalue weighted by Gasteiger charge is -2.12. The third-order valence-electron chi connectivity index (χ3n) is 5.17. The molecule has 0 aliphatic carbocycles. The first-order valence-corrected chi connectivity index (χ1v) is 11.3. The van der Waals surface area contributed by atoms with E-state index in [4.69, 9.17) is 32.4 Å². The minimum atomic E-state index is -0.832. The maximum atomic E-state index is 12.8. The Bertz CT molecular complexity index is 1560. The van der Waals surface area contributed by atoms with Gasteiger partial charge in [0, 0.05) is 21.5 Å². The third kappa shape index (κ3) is 5.56. The first-order valence-electron chi connectivity index (χ1n) is 10.6. The van der Waals surface area contributed by atoms with E-state index >= 15 is 0 Å². The predicted molar refractivity (Wildman–Crippen MR) is 135 cm³/mol. The fourth-order valence-electron chi connectivity index (χ4n) is 3.38. The fourth-order valence-corrected chi connectivity index (χ4v) is 3.87. The number of ketones is 1. The lowest BCUT2D eigenvalue weighted by Crippen LogP contribution is -2.45. The Hall–Kier alpha value is -4.14. The Balaban J connectivity index is 1.35. The van der Waals surface area contributed by atoms with Crippen molar-refractivity contribution < 1.29 is 23.5 Å². The molecular formula is C26H18Cl2N2O6. The number of hydrogen-bond donors (Lipinski definition) is 2. The lowest BCUT2D eigenvalue weighted by atomic mass is 10.0. The second kappa shape index (κ2) is 10.6. The molecule has 0 bridgehead atoms. The van der Waals surface area contributed by atoms with Crippen LogP contribution in [-0.4, -0.2) is 24.2 Å². The highest BCUT2D eigenvalue weighted by molar-refractivity contribution is 6.37. The Morgan fingerprint density at radius 1 is 0.917 bits per heavy atom. The molecule has 0 radical (unpaired) electrons. The molecule has 0 spiro atoms. The van der Waals surface area contributed by atoms with Crippen molar-refractivity contribution in [1.29, 1.82) is 0 Å². The molecule has 0 aliphatic rings. The molecular weight excluding hydrogens is 507 g/mol. The summed E-state index contributed by atoms with van der Waals surface area (Å²) in [5.74, 6) is -1.42. The number of rotatable bonds is 6. The van der Waals surface area contributed by atoms with E-state index in [-0.39, 0.29) is 16.4 Å². The molecule has 182 valence electrons. The minimum absolute atomic E-state index is 0.241. The summed E-state index contributed by atoms with van der Waals surface area (Å²) < 4.78 is 10.6. The van der Waals surface area contributed by atoms with Crippen molar-refractivity contribution in [3.8, 4) is 5.75 Å². The topological polar surface area (TPSA) is 115 Å². The molecule has 36 heavy (non-hydrogen) atoms. The number of nitrogens with one attached hydrogen (secondary N) is 2. The standard InChI is InChI=1S/C26H18Cl2N2O6/c1-14-10-16(24(32)18-8-7-17(27)12-20(18)28)6-9-21(14)35-13-23(31)29-30-25(33)19-11-15-4-2-3-5-22(15)36-26(19)34/h2-12H,13H2,1H3,(H,29,31)(H,30,33). The Morgan fingerprint density at radius 3 is 2.44 bits per heavy atom. The number of fused-ring (bicyclic) bond motifs is 1. The molecule has 0 atom stereocenters. The number of aryl methyl sites for hydroxylation is 1. The lowest BCUT2D eigenvalue weighted by molar-refractivity contribution is -0.123. The van der Waals surface area contributed by atoms with Gasteiger partial charge in [0.25, 0.3) is 11.8 Å². The van der Waals surface area contributed by atoms with Gasteiger partial charge >= 0.3 is 5.63 Å². The molecule has 10 heteroatoms. The first-order chi connectivity index (χ1) is 17.2. The van der Waals surface area contributed by atoms with E-state index in [1.54, 1.807) is 61.5 Å². The predicted octanol–water partition coefficient (Wildman–Crippen LogP) is 4.48. The highest BCUT2D eigenvalue weighted by atomic mass is 35.5. The molecule has 0 saturated heterocycles. The molecule has 2 N–H and O–H groups in total.